The maximum Gasteiger partial charge on any atom is 0.243 e. The largest absolute Gasteiger partial charge is 0.508 e. The molecule has 0 aliphatic carbocycles. The van der Waals surface area contributed by atoms with Crippen LogP contribution in [0.1, 0.15) is 11.1 Å². The number of fused-ring (bicyclic) bond motifs is 1. The summed E-state index contributed by atoms with van der Waals surface area (Å²) in [5, 5.41) is 21.1. The first-order valence-corrected chi connectivity index (χ1v) is 10.7. The molecule has 148 valence electrons. The van der Waals surface area contributed by atoms with Crippen LogP contribution < -0.4 is 0 Å². The second-order valence-electron chi connectivity index (χ2n) is 6.98. The Morgan fingerprint density at radius 3 is 2.45 bits per heavy atom. The highest BCUT2D eigenvalue weighted by atomic mass is 32.2. The van der Waals surface area contributed by atoms with Gasteiger partial charge in [-0.05, 0) is 41.8 Å². The van der Waals surface area contributed by atoms with Crippen LogP contribution in [0.4, 0.5) is 0 Å². The molecule has 1 aliphatic heterocycles. The maximum atomic E-state index is 12.9. The van der Waals surface area contributed by atoms with Crippen molar-refractivity contribution in [2.45, 2.75) is 11.4 Å². The highest BCUT2D eigenvalue weighted by Crippen LogP contribution is 2.28. The molecule has 0 amide bonds. The Bertz CT molecular complexity index is 1180. The summed E-state index contributed by atoms with van der Waals surface area (Å²) in [5.41, 5.74) is 1.23. The number of hydrogen-bond acceptors (Lipinski definition) is 6. The number of phenolic OH excluding ortho intramolecular Hbond substituents is 1. The molecule has 8 heteroatoms. The number of rotatable bonds is 4. The van der Waals surface area contributed by atoms with Crippen molar-refractivity contribution in [1.29, 1.82) is 5.26 Å². The second-order valence-corrected chi connectivity index (χ2v) is 8.91. The fraction of sp³-hybridized carbons (Fsp3) is 0.238. The van der Waals surface area contributed by atoms with E-state index in [1.165, 1.54) is 28.6 Å². The molecule has 0 radical (unpaired) electrons. The fourth-order valence-electron chi connectivity index (χ4n) is 3.58. The minimum Gasteiger partial charge on any atom is -0.508 e. The summed E-state index contributed by atoms with van der Waals surface area (Å²) in [6, 6.07) is 13.4. The summed E-state index contributed by atoms with van der Waals surface area (Å²) in [6.07, 6.45) is 3.46. The highest BCUT2D eigenvalue weighted by molar-refractivity contribution is 7.89. The van der Waals surface area contributed by atoms with Crippen molar-refractivity contribution in [3.05, 3.63) is 66.0 Å². The number of pyridine rings is 1. The van der Waals surface area contributed by atoms with Crippen molar-refractivity contribution in [1.82, 2.24) is 14.2 Å². The Labute approximate surface area is 169 Å². The van der Waals surface area contributed by atoms with Gasteiger partial charge < -0.3 is 5.11 Å². The molecular weight excluding hydrogens is 388 g/mol. The molecule has 1 N–H and O–H groups in total. The molecule has 1 aromatic heterocycles. The van der Waals surface area contributed by atoms with Gasteiger partial charge in [-0.1, -0.05) is 6.07 Å². The monoisotopic (exact) mass is 408 g/mol. The number of aromatic hydroxyl groups is 1. The molecule has 0 unspecified atom stereocenters. The van der Waals surface area contributed by atoms with E-state index in [2.05, 4.69) is 9.88 Å². The Kier molecular flexibility index (Phi) is 5.20. The van der Waals surface area contributed by atoms with Crippen LogP contribution in [-0.2, 0) is 16.6 Å². The Morgan fingerprint density at radius 2 is 1.76 bits per heavy atom. The van der Waals surface area contributed by atoms with E-state index in [1.807, 2.05) is 18.2 Å². The van der Waals surface area contributed by atoms with E-state index < -0.39 is 10.0 Å². The first-order chi connectivity index (χ1) is 14.0. The number of nitriles is 1. The Hall–Kier alpha value is -2.99. The summed E-state index contributed by atoms with van der Waals surface area (Å²) < 4.78 is 27.2. The van der Waals surface area contributed by atoms with Crippen molar-refractivity contribution in [2.75, 3.05) is 26.2 Å². The van der Waals surface area contributed by atoms with Crippen molar-refractivity contribution in [2.24, 2.45) is 0 Å². The zero-order valence-corrected chi connectivity index (χ0v) is 16.5. The van der Waals surface area contributed by atoms with E-state index in [9.17, 15) is 13.5 Å². The van der Waals surface area contributed by atoms with Gasteiger partial charge in [-0.25, -0.2) is 8.42 Å². The third-order valence-electron chi connectivity index (χ3n) is 5.24. The van der Waals surface area contributed by atoms with Gasteiger partial charge in [0.1, 0.15) is 5.75 Å². The van der Waals surface area contributed by atoms with Crippen LogP contribution in [0.15, 0.2) is 59.8 Å². The molecule has 0 bridgehead atoms. The smallest absolute Gasteiger partial charge is 0.243 e. The predicted octanol–water partition coefficient (Wildman–Crippen LogP) is 2.32. The summed E-state index contributed by atoms with van der Waals surface area (Å²) in [5.74, 6) is 0.220. The highest BCUT2D eigenvalue weighted by Gasteiger charge is 2.28. The van der Waals surface area contributed by atoms with Crippen LogP contribution >= 0.6 is 0 Å². The van der Waals surface area contributed by atoms with Crippen LogP contribution in [0.25, 0.3) is 10.8 Å². The van der Waals surface area contributed by atoms with Crippen molar-refractivity contribution >= 4 is 20.8 Å². The van der Waals surface area contributed by atoms with Crippen LogP contribution in [-0.4, -0.2) is 53.9 Å². The fourth-order valence-corrected chi connectivity index (χ4v) is 5.00. The van der Waals surface area contributed by atoms with E-state index in [0.717, 1.165) is 16.3 Å². The van der Waals surface area contributed by atoms with E-state index >= 15 is 0 Å². The lowest BCUT2D eigenvalue weighted by Crippen LogP contribution is -2.48. The topological polar surface area (TPSA) is 97.5 Å². The van der Waals surface area contributed by atoms with Crippen molar-refractivity contribution in [3.8, 4) is 11.8 Å². The van der Waals surface area contributed by atoms with Gasteiger partial charge in [-0.2, -0.15) is 9.57 Å². The first kappa shape index (κ1) is 19.3. The van der Waals surface area contributed by atoms with Gasteiger partial charge >= 0.3 is 0 Å². The summed E-state index contributed by atoms with van der Waals surface area (Å²) in [7, 11) is -3.59. The molecule has 4 rings (SSSR count). The molecule has 1 saturated heterocycles. The van der Waals surface area contributed by atoms with Crippen molar-refractivity contribution < 1.29 is 13.5 Å². The molecular formula is C21H20N4O3S. The zero-order valence-electron chi connectivity index (χ0n) is 15.7. The van der Waals surface area contributed by atoms with Gasteiger partial charge in [0.15, 0.2) is 0 Å². The number of aromatic nitrogens is 1. The molecule has 29 heavy (non-hydrogen) atoms. The third-order valence-corrected chi connectivity index (χ3v) is 7.16. The number of hydrogen-bond donors (Lipinski definition) is 1. The standard InChI is InChI=1S/C21H20N4O3S/c22-13-16-1-4-18(5-2-16)29(27,28)25-11-9-24(10-12-25)15-20-19-14-23-8-7-17(19)3-6-21(20)26/h1-8,14,26H,9-12,15H2. The second kappa shape index (κ2) is 7.79. The first-order valence-electron chi connectivity index (χ1n) is 9.26. The Balaban J connectivity index is 1.47. The molecule has 0 saturated carbocycles. The molecule has 1 aliphatic rings. The predicted molar refractivity (Wildman–Crippen MR) is 109 cm³/mol. The SMILES string of the molecule is N#Cc1ccc(S(=O)(=O)N2CCN(Cc3c(O)ccc4ccncc34)CC2)cc1. The average Bonchev–Trinajstić information content (AvgIpc) is 2.76. The number of sulfonamides is 1. The third kappa shape index (κ3) is 3.80. The van der Waals surface area contributed by atoms with E-state index in [-0.39, 0.29) is 10.6 Å². The molecule has 1 fully saturated rings. The number of phenols is 1. The molecule has 2 heterocycles. The zero-order chi connectivity index (χ0) is 20.4. The number of benzene rings is 2. The molecule has 0 spiro atoms. The van der Waals surface area contributed by atoms with Crippen LogP contribution in [0.3, 0.4) is 0 Å². The molecule has 2 aromatic carbocycles. The van der Waals surface area contributed by atoms with Gasteiger partial charge in [-0.3, -0.25) is 9.88 Å². The van der Waals surface area contributed by atoms with Gasteiger partial charge in [0.05, 0.1) is 16.5 Å². The van der Waals surface area contributed by atoms with Gasteiger partial charge in [-0.15, -0.1) is 0 Å². The molecule has 7 nitrogen and oxygen atoms in total. The number of piperazine rings is 1. The lowest BCUT2D eigenvalue weighted by Gasteiger charge is -2.34. The minimum absolute atomic E-state index is 0.197. The summed E-state index contributed by atoms with van der Waals surface area (Å²) >= 11 is 0. The van der Waals surface area contributed by atoms with Gasteiger partial charge in [0.25, 0.3) is 0 Å². The van der Waals surface area contributed by atoms with E-state index in [0.29, 0.717) is 38.3 Å². The Morgan fingerprint density at radius 1 is 1.03 bits per heavy atom. The summed E-state index contributed by atoms with van der Waals surface area (Å²) in [4.78, 5) is 6.49. The molecule has 3 aromatic rings. The molecule has 0 atom stereocenters. The lowest BCUT2D eigenvalue weighted by molar-refractivity contribution is 0.180. The average molecular weight is 408 g/mol. The number of nitrogens with zero attached hydrogens (tertiary/aromatic N) is 4. The van der Waals surface area contributed by atoms with Crippen LogP contribution in [0, 0.1) is 11.3 Å². The minimum atomic E-state index is -3.59. The summed E-state index contributed by atoms with van der Waals surface area (Å²) in [6.45, 7) is 2.38. The lowest BCUT2D eigenvalue weighted by atomic mass is 10.0. The van der Waals surface area contributed by atoms with Gasteiger partial charge in [0, 0.05) is 56.1 Å². The van der Waals surface area contributed by atoms with E-state index in [1.54, 1.807) is 18.5 Å². The van der Waals surface area contributed by atoms with Crippen LogP contribution in [0.2, 0.25) is 0 Å². The van der Waals surface area contributed by atoms with Crippen molar-refractivity contribution in [3.63, 3.8) is 0 Å². The normalized spacial score (nSPS) is 16.0. The van der Waals surface area contributed by atoms with Gasteiger partial charge in [0.2, 0.25) is 10.0 Å². The maximum absolute atomic E-state index is 12.9. The van der Waals surface area contributed by atoms with Crippen LogP contribution in [0.5, 0.6) is 5.75 Å². The van der Waals surface area contributed by atoms with E-state index in [4.69, 9.17) is 5.26 Å². The quantitative estimate of drug-likeness (QED) is 0.712.